The molecule has 0 radical (unpaired) electrons. The largest absolute Gasteiger partial charge is 0.338 e. The normalized spacial score (nSPS) is 10.8. The first kappa shape index (κ1) is 16.0. The van der Waals surface area contributed by atoms with Crippen LogP contribution >= 0.6 is 11.6 Å². The molecule has 1 rings (SSSR count). The highest BCUT2D eigenvalue weighted by atomic mass is 35.5. The highest BCUT2D eigenvalue weighted by Gasteiger charge is 2.14. The number of amides is 1. The van der Waals surface area contributed by atoms with E-state index in [1.54, 1.807) is 24.3 Å². The van der Waals surface area contributed by atoms with Crippen molar-refractivity contribution >= 4 is 17.5 Å². The van der Waals surface area contributed by atoms with Gasteiger partial charge in [-0.1, -0.05) is 25.4 Å². The number of rotatable bonds is 7. The van der Waals surface area contributed by atoms with Crippen LogP contribution in [-0.4, -0.2) is 48.4 Å². The quantitative estimate of drug-likeness (QED) is 0.767. The van der Waals surface area contributed by atoms with Crippen LogP contribution in [0.15, 0.2) is 24.3 Å². The average Bonchev–Trinajstić information content (AvgIpc) is 2.44. The Bertz CT molecular complexity index is 388. The lowest BCUT2D eigenvalue weighted by atomic mass is 10.2. The number of halogens is 1. The molecule has 0 fully saturated rings. The summed E-state index contributed by atoms with van der Waals surface area (Å²) < 4.78 is 0. The van der Waals surface area contributed by atoms with Crippen molar-refractivity contribution in [2.75, 3.05) is 32.7 Å². The van der Waals surface area contributed by atoms with Gasteiger partial charge in [0.15, 0.2) is 0 Å². The second-order valence-electron chi connectivity index (χ2n) is 4.42. The third-order valence-electron chi connectivity index (χ3n) is 3.34. The number of carbonyl (C=O) groups is 1. The van der Waals surface area contributed by atoms with Crippen molar-refractivity contribution in [2.24, 2.45) is 0 Å². The SMILES string of the molecule is CCN(CC)CCN(CC)C(=O)c1ccc(Cl)cc1. The van der Waals surface area contributed by atoms with Crippen LogP contribution in [-0.2, 0) is 0 Å². The summed E-state index contributed by atoms with van der Waals surface area (Å²) in [5, 5.41) is 0.655. The fraction of sp³-hybridized carbons (Fsp3) is 0.533. The van der Waals surface area contributed by atoms with Gasteiger partial charge in [0.25, 0.3) is 5.91 Å². The van der Waals surface area contributed by atoms with Gasteiger partial charge in [-0.05, 0) is 44.3 Å². The summed E-state index contributed by atoms with van der Waals surface area (Å²) in [5.41, 5.74) is 0.700. The van der Waals surface area contributed by atoms with Gasteiger partial charge in [0, 0.05) is 30.2 Å². The first-order valence-electron chi connectivity index (χ1n) is 6.89. The molecule has 0 aromatic heterocycles. The molecule has 0 unspecified atom stereocenters. The Morgan fingerprint density at radius 3 is 2.05 bits per heavy atom. The van der Waals surface area contributed by atoms with E-state index in [0.29, 0.717) is 10.6 Å². The van der Waals surface area contributed by atoms with E-state index in [2.05, 4.69) is 18.7 Å². The van der Waals surface area contributed by atoms with Gasteiger partial charge in [-0.25, -0.2) is 0 Å². The van der Waals surface area contributed by atoms with Crippen molar-refractivity contribution in [3.63, 3.8) is 0 Å². The zero-order valence-electron chi connectivity index (χ0n) is 12.0. The molecule has 0 atom stereocenters. The Hall–Kier alpha value is -1.06. The molecule has 0 saturated heterocycles. The van der Waals surface area contributed by atoms with Crippen molar-refractivity contribution in [1.29, 1.82) is 0 Å². The summed E-state index contributed by atoms with van der Waals surface area (Å²) in [5.74, 6) is 0.0753. The highest BCUT2D eigenvalue weighted by Crippen LogP contribution is 2.11. The van der Waals surface area contributed by atoms with Gasteiger partial charge in [0.05, 0.1) is 0 Å². The predicted molar refractivity (Wildman–Crippen MR) is 80.8 cm³/mol. The molecule has 4 heteroatoms. The number of hydrogen-bond acceptors (Lipinski definition) is 2. The molecule has 0 bridgehead atoms. The van der Waals surface area contributed by atoms with Gasteiger partial charge >= 0.3 is 0 Å². The highest BCUT2D eigenvalue weighted by molar-refractivity contribution is 6.30. The minimum atomic E-state index is 0.0753. The van der Waals surface area contributed by atoms with E-state index in [-0.39, 0.29) is 5.91 Å². The zero-order chi connectivity index (χ0) is 14.3. The zero-order valence-corrected chi connectivity index (χ0v) is 12.8. The van der Waals surface area contributed by atoms with E-state index in [1.807, 2.05) is 11.8 Å². The third kappa shape index (κ3) is 4.84. The molecule has 0 saturated carbocycles. The van der Waals surface area contributed by atoms with Crippen LogP contribution in [0.2, 0.25) is 5.02 Å². The summed E-state index contributed by atoms with van der Waals surface area (Å²) >= 11 is 5.84. The summed E-state index contributed by atoms with van der Waals surface area (Å²) in [7, 11) is 0. The topological polar surface area (TPSA) is 23.6 Å². The molecule has 0 heterocycles. The minimum Gasteiger partial charge on any atom is -0.338 e. The molecule has 0 aliphatic heterocycles. The second kappa shape index (κ2) is 8.18. The molecular formula is C15H23ClN2O. The molecule has 1 aromatic carbocycles. The first-order chi connectivity index (χ1) is 9.12. The van der Waals surface area contributed by atoms with E-state index in [4.69, 9.17) is 11.6 Å². The summed E-state index contributed by atoms with van der Waals surface area (Å²) in [6.45, 7) is 10.7. The van der Waals surface area contributed by atoms with Crippen LogP contribution in [0, 0.1) is 0 Å². The maximum absolute atomic E-state index is 12.3. The van der Waals surface area contributed by atoms with Gasteiger partial charge in [-0.3, -0.25) is 4.79 Å². The molecule has 0 aliphatic carbocycles. The van der Waals surface area contributed by atoms with Gasteiger partial charge in [0.1, 0.15) is 0 Å². The van der Waals surface area contributed by atoms with E-state index in [1.165, 1.54) is 0 Å². The van der Waals surface area contributed by atoms with Crippen LogP contribution in [0.3, 0.4) is 0 Å². The smallest absolute Gasteiger partial charge is 0.253 e. The van der Waals surface area contributed by atoms with Crippen molar-refractivity contribution in [3.8, 4) is 0 Å². The Morgan fingerprint density at radius 2 is 1.58 bits per heavy atom. The third-order valence-corrected chi connectivity index (χ3v) is 3.59. The molecule has 19 heavy (non-hydrogen) atoms. The van der Waals surface area contributed by atoms with Gasteiger partial charge in [-0.15, -0.1) is 0 Å². The molecule has 1 aromatic rings. The van der Waals surface area contributed by atoms with Crippen LogP contribution in [0.5, 0.6) is 0 Å². The van der Waals surface area contributed by atoms with Crippen LogP contribution in [0.4, 0.5) is 0 Å². The number of nitrogens with zero attached hydrogens (tertiary/aromatic N) is 2. The van der Waals surface area contributed by atoms with Crippen molar-refractivity contribution in [2.45, 2.75) is 20.8 Å². The van der Waals surface area contributed by atoms with Crippen molar-refractivity contribution in [1.82, 2.24) is 9.80 Å². The Labute approximate surface area is 121 Å². The maximum Gasteiger partial charge on any atom is 0.253 e. The number of likely N-dealkylation sites (N-methyl/N-ethyl adjacent to an activating group) is 2. The molecule has 106 valence electrons. The molecule has 0 spiro atoms. The number of hydrogen-bond donors (Lipinski definition) is 0. The second-order valence-corrected chi connectivity index (χ2v) is 4.86. The maximum atomic E-state index is 12.3. The van der Waals surface area contributed by atoms with E-state index < -0.39 is 0 Å². The van der Waals surface area contributed by atoms with Gasteiger partial charge in [0.2, 0.25) is 0 Å². The minimum absolute atomic E-state index is 0.0753. The molecule has 3 nitrogen and oxygen atoms in total. The standard InChI is InChI=1S/C15H23ClN2O/c1-4-17(5-2)11-12-18(6-3)15(19)13-7-9-14(16)10-8-13/h7-10H,4-6,11-12H2,1-3H3. The Balaban J connectivity index is 2.63. The summed E-state index contributed by atoms with van der Waals surface area (Å²) in [4.78, 5) is 16.5. The summed E-state index contributed by atoms with van der Waals surface area (Å²) in [6.07, 6.45) is 0. The fourth-order valence-electron chi connectivity index (χ4n) is 1.98. The lowest BCUT2D eigenvalue weighted by Gasteiger charge is -2.25. The van der Waals surface area contributed by atoms with E-state index >= 15 is 0 Å². The number of carbonyl (C=O) groups excluding carboxylic acids is 1. The average molecular weight is 283 g/mol. The van der Waals surface area contributed by atoms with Gasteiger partial charge in [-0.2, -0.15) is 0 Å². The molecule has 0 N–H and O–H groups in total. The first-order valence-corrected chi connectivity index (χ1v) is 7.27. The lowest BCUT2D eigenvalue weighted by Crippen LogP contribution is -2.38. The summed E-state index contributed by atoms with van der Waals surface area (Å²) in [6, 6.07) is 7.08. The molecular weight excluding hydrogens is 260 g/mol. The van der Waals surface area contributed by atoms with Crippen molar-refractivity contribution in [3.05, 3.63) is 34.9 Å². The lowest BCUT2D eigenvalue weighted by molar-refractivity contribution is 0.0747. The van der Waals surface area contributed by atoms with E-state index in [9.17, 15) is 4.79 Å². The van der Waals surface area contributed by atoms with Crippen molar-refractivity contribution < 1.29 is 4.79 Å². The predicted octanol–water partition coefficient (Wildman–Crippen LogP) is 3.14. The fourth-order valence-corrected chi connectivity index (χ4v) is 2.11. The molecule has 0 aliphatic rings. The van der Waals surface area contributed by atoms with E-state index in [0.717, 1.165) is 32.7 Å². The molecule has 1 amide bonds. The monoisotopic (exact) mass is 282 g/mol. The Morgan fingerprint density at radius 1 is 1.00 bits per heavy atom. The van der Waals surface area contributed by atoms with Gasteiger partial charge < -0.3 is 9.80 Å². The number of benzene rings is 1. The van der Waals surface area contributed by atoms with Crippen LogP contribution in [0.1, 0.15) is 31.1 Å². The van der Waals surface area contributed by atoms with Crippen LogP contribution in [0.25, 0.3) is 0 Å². The van der Waals surface area contributed by atoms with Crippen LogP contribution < -0.4 is 0 Å². The Kier molecular flexibility index (Phi) is 6.89.